The second-order valence-corrected chi connectivity index (χ2v) is 3.21. The van der Waals surface area contributed by atoms with Crippen molar-refractivity contribution in [2.45, 2.75) is 32.1 Å². The number of hydrogen-bond acceptors (Lipinski definition) is 3. The molecule has 0 fully saturated rings. The van der Waals surface area contributed by atoms with E-state index in [0.29, 0.717) is 18.0 Å². The molecule has 13 heavy (non-hydrogen) atoms. The van der Waals surface area contributed by atoms with Gasteiger partial charge < -0.3 is 10.1 Å². The van der Waals surface area contributed by atoms with E-state index in [1.807, 2.05) is 6.92 Å². The van der Waals surface area contributed by atoms with Crippen molar-refractivity contribution in [1.29, 1.82) is 0 Å². The smallest absolute Gasteiger partial charge is 0.328 e. The van der Waals surface area contributed by atoms with Gasteiger partial charge in [0.2, 0.25) is 5.88 Å². The molecule has 0 saturated heterocycles. The largest absolute Gasteiger partial charge is 0.493 e. The zero-order valence-corrected chi connectivity index (χ0v) is 8.47. The molecule has 0 aliphatic rings. The highest BCUT2D eigenvalue weighted by atomic mass is 32.1. The van der Waals surface area contributed by atoms with E-state index in [1.54, 1.807) is 0 Å². The first-order chi connectivity index (χ1) is 6.20. The number of aromatic amines is 1. The van der Waals surface area contributed by atoms with Gasteiger partial charge in [-0.25, -0.2) is 4.79 Å². The van der Waals surface area contributed by atoms with Crippen LogP contribution in [-0.4, -0.2) is 14.7 Å². The fourth-order valence-corrected chi connectivity index (χ4v) is 1.37. The quantitative estimate of drug-likeness (QED) is 0.641. The Labute approximate surface area is 82.0 Å². The Morgan fingerprint density at radius 3 is 2.77 bits per heavy atom. The van der Waals surface area contributed by atoms with Crippen LogP contribution in [0.1, 0.15) is 25.5 Å². The van der Waals surface area contributed by atoms with E-state index < -0.39 is 0 Å². The second kappa shape index (κ2) is 4.41. The summed E-state index contributed by atoms with van der Waals surface area (Å²) in [6, 6.07) is 0. The van der Waals surface area contributed by atoms with E-state index in [2.05, 4.69) is 17.6 Å². The molecule has 1 heterocycles. The third-order valence-corrected chi connectivity index (χ3v) is 2.24. The predicted molar refractivity (Wildman–Crippen MR) is 54.3 cm³/mol. The number of thiol groups is 1. The molecule has 0 bridgehead atoms. The maximum atomic E-state index is 11.2. The van der Waals surface area contributed by atoms with E-state index in [1.165, 1.54) is 4.57 Å². The van der Waals surface area contributed by atoms with Crippen molar-refractivity contribution in [3.8, 4) is 5.88 Å². The average molecular weight is 202 g/mol. The maximum absolute atomic E-state index is 11.2. The number of unbranched alkanes of at least 4 members (excludes halogenated alkanes) is 1. The van der Waals surface area contributed by atoms with E-state index in [0.717, 1.165) is 12.8 Å². The third kappa shape index (κ3) is 2.09. The van der Waals surface area contributed by atoms with Crippen LogP contribution < -0.4 is 5.69 Å². The van der Waals surface area contributed by atoms with Gasteiger partial charge in [-0.2, -0.15) is 12.6 Å². The Morgan fingerprint density at radius 1 is 1.62 bits per heavy atom. The Morgan fingerprint density at radius 2 is 2.31 bits per heavy atom. The molecule has 0 radical (unpaired) electrons. The van der Waals surface area contributed by atoms with Gasteiger partial charge in [-0.1, -0.05) is 13.3 Å². The molecule has 0 atom stereocenters. The molecule has 0 saturated carbocycles. The highest BCUT2D eigenvalue weighted by molar-refractivity contribution is 7.79. The zero-order valence-electron chi connectivity index (χ0n) is 7.58. The summed E-state index contributed by atoms with van der Waals surface area (Å²) in [5.74, 6) is 0.369. The van der Waals surface area contributed by atoms with Crippen LogP contribution in [0.25, 0.3) is 0 Å². The first-order valence-electron chi connectivity index (χ1n) is 4.32. The van der Waals surface area contributed by atoms with Gasteiger partial charge in [0.05, 0.1) is 5.69 Å². The minimum atomic E-state index is -0.255. The van der Waals surface area contributed by atoms with Gasteiger partial charge in [0.15, 0.2) is 0 Å². The molecule has 1 rings (SSSR count). The van der Waals surface area contributed by atoms with Crippen LogP contribution in [0.2, 0.25) is 0 Å². The molecule has 0 aliphatic heterocycles. The van der Waals surface area contributed by atoms with Crippen molar-refractivity contribution in [1.82, 2.24) is 9.55 Å². The van der Waals surface area contributed by atoms with Gasteiger partial charge in [-0.05, 0) is 6.42 Å². The van der Waals surface area contributed by atoms with Gasteiger partial charge in [0, 0.05) is 12.3 Å². The lowest BCUT2D eigenvalue weighted by Gasteiger charge is -2.00. The third-order valence-electron chi connectivity index (χ3n) is 1.92. The molecular weight excluding hydrogens is 188 g/mol. The van der Waals surface area contributed by atoms with Crippen LogP contribution in [0.15, 0.2) is 4.79 Å². The summed E-state index contributed by atoms with van der Waals surface area (Å²) in [5, 5.41) is 9.52. The summed E-state index contributed by atoms with van der Waals surface area (Å²) in [6.07, 6.45) is 1.88. The van der Waals surface area contributed by atoms with Crippen molar-refractivity contribution in [3.05, 3.63) is 16.2 Å². The standard InChI is InChI=1S/C8H14N2O2S/c1-2-3-4-10-7(11)6(5-13)9-8(10)12/h11,13H,2-5H2,1H3,(H,9,12). The molecule has 0 aliphatic carbocycles. The van der Waals surface area contributed by atoms with Crippen molar-refractivity contribution in [3.63, 3.8) is 0 Å². The number of hydrogen-bond donors (Lipinski definition) is 3. The molecular formula is C8H14N2O2S. The number of nitrogens with one attached hydrogen (secondary N) is 1. The van der Waals surface area contributed by atoms with Crippen molar-refractivity contribution < 1.29 is 5.11 Å². The Balaban J connectivity index is 2.92. The molecule has 0 aromatic carbocycles. The molecule has 2 N–H and O–H groups in total. The van der Waals surface area contributed by atoms with Gasteiger partial charge in [0.25, 0.3) is 0 Å². The topological polar surface area (TPSA) is 58.0 Å². The Hall–Kier alpha value is -0.840. The van der Waals surface area contributed by atoms with E-state index in [4.69, 9.17) is 0 Å². The number of aromatic hydroxyl groups is 1. The Bertz CT molecular complexity index is 329. The lowest BCUT2D eigenvalue weighted by molar-refractivity contribution is 0.405. The SMILES string of the molecule is CCCCn1c(O)c(CS)[nH]c1=O. The summed E-state index contributed by atoms with van der Waals surface area (Å²) in [5.41, 5.74) is 0.236. The molecule has 74 valence electrons. The number of H-pyrrole nitrogens is 1. The number of aromatic nitrogens is 2. The lowest BCUT2D eigenvalue weighted by Crippen LogP contribution is -2.16. The summed E-state index contributed by atoms with van der Waals surface area (Å²) in [6.45, 7) is 2.60. The molecule has 5 heteroatoms. The molecule has 1 aromatic heterocycles. The van der Waals surface area contributed by atoms with Crippen LogP contribution in [0.5, 0.6) is 5.88 Å². The fraction of sp³-hybridized carbons (Fsp3) is 0.625. The van der Waals surface area contributed by atoms with Crippen LogP contribution in [0.3, 0.4) is 0 Å². The number of imidazole rings is 1. The normalized spacial score (nSPS) is 10.6. The molecule has 0 amide bonds. The minimum Gasteiger partial charge on any atom is -0.493 e. The van der Waals surface area contributed by atoms with Crippen LogP contribution >= 0.6 is 12.6 Å². The lowest BCUT2D eigenvalue weighted by atomic mass is 10.3. The number of rotatable bonds is 4. The van der Waals surface area contributed by atoms with Crippen molar-refractivity contribution in [2.75, 3.05) is 0 Å². The summed E-state index contributed by atoms with van der Waals surface area (Å²) < 4.78 is 1.34. The summed E-state index contributed by atoms with van der Waals surface area (Å²) in [7, 11) is 0. The number of nitrogens with zero attached hydrogens (tertiary/aromatic N) is 1. The van der Waals surface area contributed by atoms with Gasteiger partial charge in [-0.15, -0.1) is 0 Å². The van der Waals surface area contributed by atoms with E-state index in [-0.39, 0.29) is 11.6 Å². The monoisotopic (exact) mass is 202 g/mol. The minimum absolute atomic E-state index is 0.0217. The predicted octanol–water partition coefficient (Wildman–Crippen LogP) is 1.11. The van der Waals surface area contributed by atoms with Crippen molar-refractivity contribution in [2.24, 2.45) is 0 Å². The van der Waals surface area contributed by atoms with Gasteiger partial charge >= 0.3 is 5.69 Å². The maximum Gasteiger partial charge on any atom is 0.328 e. The molecule has 0 unspecified atom stereocenters. The highest BCUT2D eigenvalue weighted by Crippen LogP contribution is 2.14. The van der Waals surface area contributed by atoms with Crippen LogP contribution in [-0.2, 0) is 12.3 Å². The fourth-order valence-electron chi connectivity index (χ4n) is 1.15. The summed E-state index contributed by atoms with van der Waals surface area (Å²) in [4.78, 5) is 13.8. The van der Waals surface area contributed by atoms with Crippen molar-refractivity contribution >= 4 is 12.6 Å². The average Bonchev–Trinajstić information content (AvgIpc) is 2.39. The first-order valence-corrected chi connectivity index (χ1v) is 4.95. The molecule has 1 aromatic rings. The summed E-state index contributed by atoms with van der Waals surface area (Å²) >= 11 is 3.99. The van der Waals surface area contributed by atoms with Crippen LogP contribution in [0, 0.1) is 0 Å². The van der Waals surface area contributed by atoms with E-state index in [9.17, 15) is 9.90 Å². The van der Waals surface area contributed by atoms with E-state index >= 15 is 0 Å². The van der Waals surface area contributed by atoms with Gasteiger partial charge in [0.1, 0.15) is 0 Å². The second-order valence-electron chi connectivity index (χ2n) is 2.90. The molecule has 4 nitrogen and oxygen atoms in total. The first kappa shape index (κ1) is 10.2. The Kier molecular flexibility index (Phi) is 3.48. The highest BCUT2D eigenvalue weighted by Gasteiger charge is 2.10. The van der Waals surface area contributed by atoms with Gasteiger partial charge in [-0.3, -0.25) is 4.57 Å². The van der Waals surface area contributed by atoms with Crippen LogP contribution in [0.4, 0.5) is 0 Å². The molecule has 0 spiro atoms. The zero-order chi connectivity index (χ0) is 9.84.